The Hall–Kier alpha value is -1.65. The molecule has 4 nitrogen and oxygen atoms in total. The van der Waals surface area contributed by atoms with Crippen molar-refractivity contribution in [2.45, 2.75) is 18.9 Å². The van der Waals surface area contributed by atoms with E-state index in [1.54, 1.807) is 12.3 Å². The fourth-order valence-electron chi connectivity index (χ4n) is 2.86. The summed E-state index contributed by atoms with van der Waals surface area (Å²) in [4.78, 5) is 19.0. The number of hydrogen-bond acceptors (Lipinski definition) is 3. The van der Waals surface area contributed by atoms with E-state index >= 15 is 0 Å². The lowest BCUT2D eigenvalue weighted by molar-refractivity contribution is 0.0709. The second-order valence-electron chi connectivity index (χ2n) is 5.38. The molecule has 0 radical (unpaired) electrons. The van der Waals surface area contributed by atoms with Crippen molar-refractivity contribution in [1.29, 1.82) is 0 Å². The number of carbonyl (C=O) groups excluding carboxylic acids is 1. The Kier molecular flexibility index (Phi) is 4.08. The summed E-state index contributed by atoms with van der Waals surface area (Å²) in [5, 5.41) is 4.74. The van der Waals surface area contributed by atoms with Crippen LogP contribution in [0, 0.1) is 0 Å². The van der Waals surface area contributed by atoms with Crippen LogP contribution in [-0.4, -0.2) is 42.0 Å². The summed E-state index contributed by atoms with van der Waals surface area (Å²) in [7, 11) is 1.97. The molecule has 1 aromatic carbocycles. The fourth-order valence-corrected chi connectivity index (χ4v) is 3.09. The van der Waals surface area contributed by atoms with Crippen molar-refractivity contribution < 1.29 is 4.79 Å². The topological polar surface area (TPSA) is 45.2 Å². The van der Waals surface area contributed by atoms with Crippen molar-refractivity contribution >= 4 is 28.4 Å². The molecule has 1 aliphatic heterocycles. The number of pyridine rings is 1. The van der Waals surface area contributed by atoms with Gasteiger partial charge in [0.25, 0.3) is 5.91 Å². The maximum absolute atomic E-state index is 12.8. The number of likely N-dealkylation sites (tertiary alicyclic amines) is 1. The third kappa shape index (κ3) is 2.87. The fraction of sp³-hybridized carbons (Fsp3) is 0.375. The second kappa shape index (κ2) is 6.00. The van der Waals surface area contributed by atoms with Gasteiger partial charge in [-0.2, -0.15) is 0 Å². The van der Waals surface area contributed by atoms with E-state index in [2.05, 4.69) is 10.3 Å². The number of nitrogens with one attached hydrogen (secondary N) is 1. The molecule has 1 aliphatic rings. The van der Waals surface area contributed by atoms with Gasteiger partial charge >= 0.3 is 0 Å². The molecule has 0 atom stereocenters. The molecule has 2 aromatic rings. The smallest absolute Gasteiger partial charge is 0.256 e. The monoisotopic (exact) mass is 303 g/mol. The van der Waals surface area contributed by atoms with Gasteiger partial charge in [0.1, 0.15) is 0 Å². The number of carbonyl (C=O) groups is 1. The Labute approximate surface area is 129 Å². The first-order valence-corrected chi connectivity index (χ1v) is 7.57. The van der Waals surface area contributed by atoms with Gasteiger partial charge in [0.2, 0.25) is 0 Å². The van der Waals surface area contributed by atoms with E-state index in [0.29, 0.717) is 16.6 Å². The number of hydrogen-bond donors (Lipinski definition) is 1. The molecule has 5 heteroatoms. The van der Waals surface area contributed by atoms with Gasteiger partial charge in [-0.25, -0.2) is 0 Å². The number of piperidine rings is 1. The zero-order chi connectivity index (χ0) is 14.8. The molecule has 2 heterocycles. The van der Waals surface area contributed by atoms with Crippen LogP contribution in [0.2, 0.25) is 5.02 Å². The predicted octanol–water partition coefficient (Wildman–Crippen LogP) is 2.71. The number of nitrogens with zero attached hydrogens (tertiary/aromatic N) is 2. The zero-order valence-electron chi connectivity index (χ0n) is 12.0. The van der Waals surface area contributed by atoms with Gasteiger partial charge in [0, 0.05) is 35.7 Å². The average molecular weight is 304 g/mol. The van der Waals surface area contributed by atoms with Crippen LogP contribution in [-0.2, 0) is 0 Å². The number of aromatic nitrogens is 1. The SMILES string of the molecule is CNC1CCN(C(=O)c2cc(Cl)cc3cccnc23)CC1. The normalized spacial score (nSPS) is 16.4. The Morgan fingerprint density at radius 2 is 2.14 bits per heavy atom. The second-order valence-corrected chi connectivity index (χ2v) is 5.82. The number of fused-ring (bicyclic) bond motifs is 1. The molecule has 0 unspecified atom stereocenters. The standard InChI is InChI=1S/C16H18ClN3O/c1-18-13-4-7-20(8-5-13)16(21)14-10-12(17)9-11-3-2-6-19-15(11)14/h2-3,6,9-10,13,18H,4-5,7-8H2,1H3. The van der Waals surface area contributed by atoms with Crippen LogP contribution < -0.4 is 5.32 Å². The van der Waals surface area contributed by atoms with Gasteiger partial charge in [-0.05, 0) is 38.1 Å². The molecular weight excluding hydrogens is 286 g/mol. The first-order chi connectivity index (χ1) is 10.2. The largest absolute Gasteiger partial charge is 0.338 e. The molecule has 0 bridgehead atoms. The van der Waals surface area contributed by atoms with E-state index in [9.17, 15) is 4.79 Å². The minimum Gasteiger partial charge on any atom is -0.338 e. The summed E-state index contributed by atoms with van der Waals surface area (Å²) in [6.45, 7) is 1.54. The highest BCUT2D eigenvalue weighted by Gasteiger charge is 2.24. The van der Waals surface area contributed by atoms with Gasteiger partial charge in [-0.1, -0.05) is 17.7 Å². The molecule has 0 saturated carbocycles. The summed E-state index contributed by atoms with van der Waals surface area (Å²) in [6.07, 6.45) is 3.67. The summed E-state index contributed by atoms with van der Waals surface area (Å²) in [5.74, 6) is 0.0238. The molecular formula is C16H18ClN3O. The molecule has 1 aromatic heterocycles. The Balaban J connectivity index is 1.91. The highest BCUT2D eigenvalue weighted by molar-refractivity contribution is 6.32. The lowest BCUT2D eigenvalue weighted by Crippen LogP contribution is -2.44. The van der Waals surface area contributed by atoms with Crippen LogP contribution in [0.5, 0.6) is 0 Å². The lowest BCUT2D eigenvalue weighted by Gasteiger charge is -2.32. The predicted molar refractivity (Wildman–Crippen MR) is 84.7 cm³/mol. The van der Waals surface area contributed by atoms with E-state index < -0.39 is 0 Å². The third-order valence-electron chi connectivity index (χ3n) is 4.09. The summed E-state index contributed by atoms with van der Waals surface area (Å²) < 4.78 is 0. The molecule has 1 saturated heterocycles. The maximum Gasteiger partial charge on any atom is 0.256 e. The van der Waals surface area contributed by atoms with E-state index in [1.807, 2.05) is 30.1 Å². The molecule has 110 valence electrons. The molecule has 21 heavy (non-hydrogen) atoms. The van der Waals surface area contributed by atoms with Crippen molar-refractivity contribution in [2.75, 3.05) is 20.1 Å². The quantitative estimate of drug-likeness (QED) is 0.928. The first-order valence-electron chi connectivity index (χ1n) is 7.20. The first kappa shape index (κ1) is 14.3. The minimum atomic E-state index is 0.0238. The molecule has 1 amide bonds. The number of rotatable bonds is 2. The Morgan fingerprint density at radius 1 is 1.38 bits per heavy atom. The van der Waals surface area contributed by atoms with Gasteiger partial charge in [0.15, 0.2) is 0 Å². The molecule has 0 aliphatic carbocycles. The third-order valence-corrected chi connectivity index (χ3v) is 4.31. The number of halogens is 1. The van der Waals surface area contributed by atoms with Crippen molar-refractivity contribution in [3.63, 3.8) is 0 Å². The Bertz CT molecular complexity index is 666. The molecule has 0 spiro atoms. The Morgan fingerprint density at radius 3 is 2.86 bits per heavy atom. The van der Waals surface area contributed by atoms with Gasteiger partial charge in [-0.15, -0.1) is 0 Å². The van der Waals surface area contributed by atoms with E-state index in [-0.39, 0.29) is 5.91 Å². The van der Waals surface area contributed by atoms with Gasteiger partial charge < -0.3 is 10.2 Å². The van der Waals surface area contributed by atoms with Crippen LogP contribution in [0.4, 0.5) is 0 Å². The van der Waals surface area contributed by atoms with Gasteiger partial charge in [-0.3, -0.25) is 9.78 Å². The van der Waals surface area contributed by atoms with Crippen molar-refractivity contribution in [2.24, 2.45) is 0 Å². The number of amides is 1. The summed E-state index contributed by atoms with van der Waals surface area (Å²) in [5.41, 5.74) is 1.32. The van der Waals surface area contributed by atoms with Crippen LogP contribution in [0.25, 0.3) is 10.9 Å². The van der Waals surface area contributed by atoms with E-state index in [1.165, 1.54) is 0 Å². The molecule has 1 N–H and O–H groups in total. The number of benzene rings is 1. The lowest BCUT2D eigenvalue weighted by atomic mass is 10.0. The van der Waals surface area contributed by atoms with Crippen molar-refractivity contribution in [3.8, 4) is 0 Å². The average Bonchev–Trinajstić information content (AvgIpc) is 2.53. The van der Waals surface area contributed by atoms with Crippen molar-refractivity contribution in [1.82, 2.24) is 15.2 Å². The van der Waals surface area contributed by atoms with E-state index in [0.717, 1.165) is 36.8 Å². The minimum absolute atomic E-state index is 0.0238. The molecule has 3 rings (SSSR count). The van der Waals surface area contributed by atoms with E-state index in [4.69, 9.17) is 11.6 Å². The van der Waals surface area contributed by atoms with Gasteiger partial charge in [0.05, 0.1) is 11.1 Å². The highest BCUT2D eigenvalue weighted by Crippen LogP contribution is 2.24. The van der Waals surface area contributed by atoms with Crippen LogP contribution >= 0.6 is 11.6 Å². The highest BCUT2D eigenvalue weighted by atomic mass is 35.5. The van der Waals surface area contributed by atoms with Crippen LogP contribution in [0.3, 0.4) is 0 Å². The maximum atomic E-state index is 12.8. The summed E-state index contributed by atoms with van der Waals surface area (Å²) >= 11 is 6.14. The zero-order valence-corrected chi connectivity index (χ0v) is 12.7. The molecule has 1 fully saturated rings. The summed E-state index contributed by atoms with van der Waals surface area (Å²) in [6, 6.07) is 7.85. The van der Waals surface area contributed by atoms with Crippen molar-refractivity contribution in [3.05, 3.63) is 41.0 Å². The van der Waals surface area contributed by atoms with Crippen LogP contribution in [0.15, 0.2) is 30.5 Å². The van der Waals surface area contributed by atoms with Crippen LogP contribution in [0.1, 0.15) is 23.2 Å².